The summed E-state index contributed by atoms with van der Waals surface area (Å²) in [5, 5.41) is 1.51. The minimum Gasteiger partial charge on any atom is -0.452 e. The molecule has 114 valence electrons. The van der Waals surface area contributed by atoms with E-state index < -0.39 is 17.8 Å². The maximum absolute atomic E-state index is 12.6. The zero-order valence-electron chi connectivity index (χ0n) is 12.2. The van der Waals surface area contributed by atoms with Crippen LogP contribution in [0.25, 0.3) is 10.8 Å². The maximum Gasteiger partial charge on any atom is 0.308 e. The molecule has 0 saturated carbocycles. The molecule has 0 bridgehead atoms. The van der Waals surface area contributed by atoms with Crippen LogP contribution in [0.15, 0.2) is 36.4 Å². The standard InChI is InChI=1S/C18H13NO4/c1-2-11-23-15(20)9-10-19-17(21)13-7-3-5-12-6-4-8-14(16(12)13)18(19)22/h1,3-8H,9-11H2. The molecule has 0 fully saturated rings. The summed E-state index contributed by atoms with van der Waals surface area (Å²) >= 11 is 0. The predicted molar refractivity (Wildman–Crippen MR) is 83.7 cm³/mol. The third-order valence-electron chi connectivity index (χ3n) is 3.71. The average molecular weight is 307 g/mol. The van der Waals surface area contributed by atoms with Gasteiger partial charge >= 0.3 is 5.97 Å². The molecule has 0 aromatic heterocycles. The third-order valence-corrected chi connectivity index (χ3v) is 3.71. The lowest BCUT2D eigenvalue weighted by molar-refractivity contribution is -0.142. The van der Waals surface area contributed by atoms with Crippen molar-refractivity contribution in [1.82, 2.24) is 4.90 Å². The van der Waals surface area contributed by atoms with Crippen molar-refractivity contribution >= 4 is 28.6 Å². The Labute approximate surface area is 132 Å². The highest BCUT2D eigenvalue weighted by Gasteiger charge is 2.32. The number of carbonyl (C=O) groups is 3. The summed E-state index contributed by atoms with van der Waals surface area (Å²) in [6.07, 6.45) is 4.92. The second kappa shape index (κ2) is 5.93. The molecule has 0 saturated heterocycles. The summed E-state index contributed by atoms with van der Waals surface area (Å²) in [5.74, 6) is 0.851. The van der Waals surface area contributed by atoms with Crippen molar-refractivity contribution < 1.29 is 19.1 Å². The Morgan fingerprint density at radius 1 is 1.09 bits per heavy atom. The molecule has 23 heavy (non-hydrogen) atoms. The van der Waals surface area contributed by atoms with Gasteiger partial charge in [0.25, 0.3) is 11.8 Å². The Balaban J connectivity index is 1.89. The molecular weight excluding hydrogens is 294 g/mol. The van der Waals surface area contributed by atoms with Crippen molar-refractivity contribution in [2.45, 2.75) is 6.42 Å². The lowest BCUT2D eigenvalue weighted by Gasteiger charge is -2.26. The van der Waals surface area contributed by atoms with Gasteiger partial charge < -0.3 is 4.74 Å². The van der Waals surface area contributed by atoms with Crippen molar-refractivity contribution in [2.24, 2.45) is 0 Å². The second-order valence-corrected chi connectivity index (χ2v) is 5.09. The lowest BCUT2D eigenvalue weighted by atomic mass is 9.94. The van der Waals surface area contributed by atoms with Gasteiger partial charge in [-0.3, -0.25) is 19.3 Å². The van der Waals surface area contributed by atoms with Gasteiger partial charge in [0, 0.05) is 23.1 Å². The number of imide groups is 1. The smallest absolute Gasteiger partial charge is 0.308 e. The second-order valence-electron chi connectivity index (χ2n) is 5.09. The fourth-order valence-corrected chi connectivity index (χ4v) is 2.68. The first-order chi connectivity index (χ1) is 11.1. The first-order valence-corrected chi connectivity index (χ1v) is 7.10. The molecule has 5 nitrogen and oxygen atoms in total. The number of esters is 1. The predicted octanol–water partition coefficient (Wildman–Crippen LogP) is 2.00. The summed E-state index contributed by atoms with van der Waals surface area (Å²) in [6, 6.07) is 10.6. The Hall–Kier alpha value is -3.13. The number of amides is 2. The van der Waals surface area contributed by atoms with Gasteiger partial charge in [-0.05, 0) is 17.5 Å². The summed E-state index contributed by atoms with van der Waals surface area (Å²) in [4.78, 5) is 37.7. The molecule has 1 aliphatic heterocycles. The van der Waals surface area contributed by atoms with Crippen LogP contribution in [0.3, 0.4) is 0 Å². The topological polar surface area (TPSA) is 63.7 Å². The van der Waals surface area contributed by atoms with Crippen LogP contribution in [0.5, 0.6) is 0 Å². The summed E-state index contributed by atoms with van der Waals surface area (Å²) in [5.41, 5.74) is 0.935. The Bertz CT molecular complexity index is 812. The van der Waals surface area contributed by atoms with E-state index in [2.05, 4.69) is 5.92 Å². The molecule has 2 aromatic rings. The van der Waals surface area contributed by atoms with Crippen molar-refractivity contribution in [1.29, 1.82) is 0 Å². The van der Waals surface area contributed by atoms with E-state index in [9.17, 15) is 14.4 Å². The first-order valence-electron chi connectivity index (χ1n) is 7.10. The summed E-state index contributed by atoms with van der Waals surface area (Å²) in [6.45, 7) is -0.158. The number of hydrogen-bond donors (Lipinski definition) is 0. The Morgan fingerprint density at radius 2 is 1.70 bits per heavy atom. The molecule has 0 aliphatic carbocycles. The van der Waals surface area contributed by atoms with Gasteiger partial charge in [-0.2, -0.15) is 0 Å². The zero-order valence-corrected chi connectivity index (χ0v) is 12.2. The van der Waals surface area contributed by atoms with Gasteiger partial charge in [0.15, 0.2) is 6.61 Å². The molecule has 0 unspecified atom stereocenters. The molecule has 2 amide bonds. The molecule has 5 heteroatoms. The highest BCUT2D eigenvalue weighted by molar-refractivity contribution is 6.25. The zero-order chi connectivity index (χ0) is 16.4. The molecule has 1 aliphatic rings. The van der Waals surface area contributed by atoms with Crippen molar-refractivity contribution in [2.75, 3.05) is 13.2 Å². The van der Waals surface area contributed by atoms with Crippen LogP contribution in [-0.2, 0) is 9.53 Å². The van der Waals surface area contributed by atoms with E-state index in [-0.39, 0.29) is 19.6 Å². The Kier molecular flexibility index (Phi) is 3.82. The third kappa shape index (κ3) is 2.55. The maximum atomic E-state index is 12.6. The number of hydrogen-bond acceptors (Lipinski definition) is 4. The van der Waals surface area contributed by atoms with E-state index >= 15 is 0 Å². The van der Waals surface area contributed by atoms with E-state index in [1.807, 2.05) is 12.1 Å². The van der Waals surface area contributed by atoms with Crippen LogP contribution in [0.1, 0.15) is 27.1 Å². The van der Waals surface area contributed by atoms with Gasteiger partial charge in [-0.25, -0.2) is 0 Å². The van der Waals surface area contributed by atoms with E-state index in [0.717, 1.165) is 10.3 Å². The van der Waals surface area contributed by atoms with Crippen molar-refractivity contribution in [3.63, 3.8) is 0 Å². The number of benzene rings is 2. The van der Waals surface area contributed by atoms with Crippen LogP contribution in [0.2, 0.25) is 0 Å². The van der Waals surface area contributed by atoms with E-state index in [4.69, 9.17) is 11.2 Å². The number of nitrogens with zero attached hydrogens (tertiary/aromatic N) is 1. The molecule has 1 heterocycles. The minimum atomic E-state index is -0.541. The van der Waals surface area contributed by atoms with Gasteiger partial charge in [0.05, 0.1) is 6.42 Å². The Morgan fingerprint density at radius 3 is 2.26 bits per heavy atom. The number of rotatable bonds is 4. The normalized spacial score (nSPS) is 13.1. The quantitative estimate of drug-likeness (QED) is 0.492. The molecule has 0 N–H and O–H groups in total. The lowest BCUT2D eigenvalue weighted by Crippen LogP contribution is -2.41. The summed E-state index contributed by atoms with van der Waals surface area (Å²) < 4.78 is 4.76. The van der Waals surface area contributed by atoms with E-state index in [1.54, 1.807) is 24.3 Å². The monoisotopic (exact) mass is 307 g/mol. The van der Waals surface area contributed by atoms with Crippen molar-refractivity contribution in [3.05, 3.63) is 47.5 Å². The number of ether oxygens (including phenoxy) is 1. The SMILES string of the molecule is C#CCOC(=O)CCN1C(=O)c2cccc3cccc(c23)C1=O. The molecule has 0 atom stereocenters. The molecule has 0 spiro atoms. The average Bonchev–Trinajstić information content (AvgIpc) is 2.57. The first kappa shape index (κ1) is 14.8. The fourth-order valence-electron chi connectivity index (χ4n) is 2.68. The van der Waals surface area contributed by atoms with Crippen molar-refractivity contribution in [3.8, 4) is 12.3 Å². The van der Waals surface area contributed by atoms with Gasteiger partial charge in [0.1, 0.15) is 0 Å². The molecular formula is C18H13NO4. The largest absolute Gasteiger partial charge is 0.452 e. The van der Waals surface area contributed by atoms with E-state index in [0.29, 0.717) is 16.5 Å². The number of terminal acetylenes is 1. The highest BCUT2D eigenvalue weighted by atomic mass is 16.5. The highest BCUT2D eigenvalue weighted by Crippen LogP contribution is 2.29. The molecule has 0 radical (unpaired) electrons. The van der Waals surface area contributed by atoms with Crippen LogP contribution in [0.4, 0.5) is 0 Å². The van der Waals surface area contributed by atoms with Crippen LogP contribution in [0, 0.1) is 12.3 Å². The number of carbonyl (C=O) groups excluding carboxylic acids is 3. The van der Waals surface area contributed by atoms with Crippen LogP contribution >= 0.6 is 0 Å². The summed E-state index contributed by atoms with van der Waals surface area (Å²) in [7, 11) is 0. The molecule has 2 aromatic carbocycles. The fraction of sp³-hybridized carbons (Fsp3) is 0.167. The minimum absolute atomic E-state index is 0.0359. The van der Waals surface area contributed by atoms with E-state index in [1.165, 1.54) is 0 Å². The van der Waals surface area contributed by atoms with Crippen LogP contribution < -0.4 is 0 Å². The van der Waals surface area contributed by atoms with Gasteiger partial charge in [-0.1, -0.05) is 30.2 Å². The van der Waals surface area contributed by atoms with Gasteiger partial charge in [0.2, 0.25) is 0 Å². The van der Waals surface area contributed by atoms with Crippen LogP contribution in [-0.4, -0.2) is 35.8 Å². The van der Waals surface area contributed by atoms with Gasteiger partial charge in [-0.15, -0.1) is 6.42 Å². The molecule has 3 rings (SSSR count).